The number of amides is 2. The Hall–Kier alpha value is -3.89. The van der Waals surface area contributed by atoms with Gasteiger partial charge in [0, 0.05) is 23.8 Å². The Morgan fingerprint density at radius 2 is 1.88 bits per heavy atom. The molecule has 1 aliphatic heterocycles. The third-order valence-corrected chi connectivity index (χ3v) is 5.98. The van der Waals surface area contributed by atoms with Crippen LogP contribution in [-0.4, -0.2) is 32.0 Å². The summed E-state index contributed by atoms with van der Waals surface area (Å²) in [7, 11) is 0. The van der Waals surface area contributed by atoms with Crippen LogP contribution in [0.1, 0.15) is 21.7 Å². The minimum Gasteiger partial charge on any atom is -0.478 e. The first-order valence-corrected chi connectivity index (χ1v) is 10.5. The largest absolute Gasteiger partial charge is 0.478 e. The molecule has 0 bridgehead atoms. The van der Waals surface area contributed by atoms with Crippen molar-refractivity contribution in [2.75, 3.05) is 0 Å². The molecule has 166 valence electrons. The lowest BCUT2D eigenvalue weighted by atomic mass is 10.1. The van der Waals surface area contributed by atoms with Gasteiger partial charge in [0.15, 0.2) is 0 Å². The van der Waals surface area contributed by atoms with Crippen molar-refractivity contribution in [2.24, 2.45) is 0 Å². The number of halogens is 1. The van der Waals surface area contributed by atoms with E-state index in [4.69, 9.17) is 16.0 Å². The van der Waals surface area contributed by atoms with Crippen LogP contribution in [0.5, 0.6) is 0 Å². The smallest absolute Gasteiger partial charge is 0.335 e. The lowest BCUT2D eigenvalue weighted by molar-refractivity contribution is -0.384. The molecule has 0 aliphatic carbocycles. The molecule has 4 rings (SSSR count). The number of carbonyl (C=O) groups is 3. The molecular weight excluding hydrogens is 472 g/mol. The molecule has 2 aromatic carbocycles. The summed E-state index contributed by atoms with van der Waals surface area (Å²) in [6, 6.07) is 12.9. The van der Waals surface area contributed by atoms with Crippen LogP contribution in [0.15, 0.2) is 63.9 Å². The number of nitrogens with zero attached hydrogens (tertiary/aromatic N) is 2. The van der Waals surface area contributed by atoms with E-state index in [1.807, 2.05) is 0 Å². The normalized spacial score (nSPS) is 14.8. The summed E-state index contributed by atoms with van der Waals surface area (Å²) < 4.78 is 5.71. The summed E-state index contributed by atoms with van der Waals surface area (Å²) in [6.07, 6.45) is 1.42. The summed E-state index contributed by atoms with van der Waals surface area (Å²) in [6.45, 7) is -0.0268. The van der Waals surface area contributed by atoms with Crippen LogP contribution in [0.2, 0.25) is 5.02 Å². The molecule has 11 heteroatoms. The molecule has 1 aromatic heterocycles. The second-order valence-corrected chi connectivity index (χ2v) is 8.29. The molecule has 9 nitrogen and oxygen atoms in total. The Morgan fingerprint density at radius 1 is 1.15 bits per heavy atom. The van der Waals surface area contributed by atoms with Gasteiger partial charge in [-0.05, 0) is 47.7 Å². The van der Waals surface area contributed by atoms with Crippen molar-refractivity contribution >= 4 is 52.2 Å². The van der Waals surface area contributed by atoms with Gasteiger partial charge in [-0.1, -0.05) is 23.7 Å². The number of hydrogen-bond donors (Lipinski definition) is 1. The van der Waals surface area contributed by atoms with Crippen LogP contribution in [0, 0.1) is 10.1 Å². The van der Waals surface area contributed by atoms with Gasteiger partial charge in [0.25, 0.3) is 16.8 Å². The van der Waals surface area contributed by atoms with Gasteiger partial charge in [-0.25, -0.2) is 4.79 Å². The fraction of sp³-hybridized carbons (Fsp3) is 0.0455. The number of carboxylic acid groups (broad SMARTS) is 1. The van der Waals surface area contributed by atoms with Crippen LogP contribution in [0.3, 0.4) is 0 Å². The lowest BCUT2D eigenvalue weighted by Crippen LogP contribution is -2.27. The Bertz CT molecular complexity index is 1330. The zero-order valence-corrected chi connectivity index (χ0v) is 18.1. The second kappa shape index (κ2) is 8.93. The van der Waals surface area contributed by atoms with Gasteiger partial charge in [-0.2, -0.15) is 0 Å². The first kappa shape index (κ1) is 22.3. The van der Waals surface area contributed by atoms with Crippen molar-refractivity contribution in [1.29, 1.82) is 0 Å². The number of non-ortho nitro benzene ring substituents is 1. The third kappa shape index (κ3) is 4.66. The maximum Gasteiger partial charge on any atom is 0.335 e. The Kier molecular flexibility index (Phi) is 6.03. The number of carboxylic acids is 1. The Morgan fingerprint density at radius 3 is 2.55 bits per heavy atom. The predicted molar refractivity (Wildman–Crippen MR) is 121 cm³/mol. The van der Waals surface area contributed by atoms with Gasteiger partial charge in [0.1, 0.15) is 11.5 Å². The summed E-state index contributed by atoms with van der Waals surface area (Å²) in [5.41, 5.74) is 0.898. The average molecular weight is 485 g/mol. The first-order valence-electron chi connectivity index (χ1n) is 9.34. The third-order valence-electron chi connectivity index (χ3n) is 4.74. The number of imide groups is 1. The van der Waals surface area contributed by atoms with Crippen LogP contribution in [-0.2, 0) is 11.3 Å². The van der Waals surface area contributed by atoms with Crippen molar-refractivity contribution in [3.05, 3.63) is 91.5 Å². The second-order valence-electron chi connectivity index (χ2n) is 6.89. The molecule has 1 fully saturated rings. The van der Waals surface area contributed by atoms with Crippen molar-refractivity contribution in [3.63, 3.8) is 0 Å². The highest BCUT2D eigenvalue weighted by molar-refractivity contribution is 8.18. The summed E-state index contributed by atoms with van der Waals surface area (Å²) >= 11 is 6.91. The van der Waals surface area contributed by atoms with E-state index in [2.05, 4.69) is 0 Å². The van der Waals surface area contributed by atoms with Gasteiger partial charge < -0.3 is 9.52 Å². The van der Waals surface area contributed by atoms with Crippen LogP contribution >= 0.6 is 23.4 Å². The van der Waals surface area contributed by atoms with Gasteiger partial charge in [0.2, 0.25) is 0 Å². The van der Waals surface area contributed by atoms with Crippen molar-refractivity contribution in [1.82, 2.24) is 4.90 Å². The number of thioether (sulfide) groups is 1. The average Bonchev–Trinajstić information content (AvgIpc) is 3.34. The molecule has 0 radical (unpaired) electrons. The molecule has 33 heavy (non-hydrogen) atoms. The molecule has 2 amide bonds. The monoisotopic (exact) mass is 484 g/mol. The topological polar surface area (TPSA) is 131 Å². The Balaban J connectivity index is 1.54. The highest BCUT2D eigenvalue weighted by Crippen LogP contribution is 2.35. The minimum absolute atomic E-state index is 0.0268. The van der Waals surface area contributed by atoms with Crippen LogP contribution < -0.4 is 0 Å². The number of benzene rings is 2. The van der Waals surface area contributed by atoms with E-state index >= 15 is 0 Å². The SMILES string of the molecule is O=C(O)c1ccc(Cl)c(-c2ccc(C=C3SC(=O)N(Cc4ccc([N+](=O)[O-])cc4)C3=O)o2)c1. The quantitative estimate of drug-likeness (QED) is 0.278. The summed E-state index contributed by atoms with van der Waals surface area (Å²) in [5.74, 6) is -1.05. The number of rotatable bonds is 6. The van der Waals surface area contributed by atoms with Gasteiger partial charge >= 0.3 is 5.97 Å². The van der Waals surface area contributed by atoms with Gasteiger partial charge in [-0.15, -0.1) is 0 Å². The maximum absolute atomic E-state index is 12.7. The molecule has 3 aromatic rings. The van der Waals surface area contributed by atoms with Crippen molar-refractivity contribution in [3.8, 4) is 11.3 Å². The van der Waals surface area contributed by atoms with Crippen LogP contribution in [0.25, 0.3) is 17.4 Å². The van der Waals surface area contributed by atoms with E-state index in [1.54, 1.807) is 12.1 Å². The van der Waals surface area contributed by atoms with Crippen molar-refractivity contribution in [2.45, 2.75) is 6.54 Å². The zero-order chi connectivity index (χ0) is 23.7. The molecule has 1 N–H and O–H groups in total. The number of hydrogen-bond acceptors (Lipinski definition) is 7. The number of furan rings is 1. The summed E-state index contributed by atoms with van der Waals surface area (Å²) in [4.78, 5) is 47.7. The lowest BCUT2D eigenvalue weighted by Gasteiger charge is -2.12. The van der Waals surface area contributed by atoms with Crippen LogP contribution in [0.4, 0.5) is 10.5 Å². The highest BCUT2D eigenvalue weighted by atomic mass is 35.5. The molecule has 0 atom stereocenters. The van der Waals surface area contributed by atoms with Gasteiger partial charge in [0.05, 0.1) is 27.0 Å². The molecule has 1 saturated heterocycles. The molecular formula is C22H13ClN2O7S. The number of aromatic carboxylic acids is 1. The first-order chi connectivity index (χ1) is 15.7. The number of nitro groups is 1. The molecule has 0 spiro atoms. The number of nitro benzene ring substituents is 1. The maximum atomic E-state index is 12.7. The molecule has 0 unspecified atom stereocenters. The predicted octanol–water partition coefficient (Wildman–Crippen LogP) is 5.44. The van der Waals surface area contributed by atoms with E-state index in [-0.39, 0.29) is 28.5 Å². The fourth-order valence-electron chi connectivity index (χ4n) is 3.09. The fourth-order valence-corrected chi connectivity index (χ4v) is 4.12. The van der Waals surface area contributed by atoms with E-state index < -0.39 is 22.0 Å². The minimum atomic E-state index is -1.11. The molecule has 1 aliphatic rings. The summed E-state index contributed by atoms with van der Waals surface area (Å²) in [5, 5.41) is 19.8. The standard InChI is InChI=1S/C22H13ClN2O7S/c23-17-7-3-13(21(27)28)9-16(17)18-8-6-15(32-18)10-19-20(26)24(22(29)33-19)11-12-1-4-14(5-2-12)25(30)31/h1-10H,11H2,(H,27,28). The van der Waals surface area contributed by atoms with E-state index in [0.29, 0.717) is 21.9 Å². The van der Waals surface area contributed by atoms with Crippen molar-refractivity contribution < 1.29 is 28.8 Å². The molecule has 0 saturated carbocycles. The van der Waals surface area contributed by atoms with E-state index in [9.17, 15) is 29.6 Å². The molecule has 2 heterocycles. The number of carbonyl (C=O) groups excluding carboxylic acids is 2. The highest BCUT2D eigenvalue weighted by Gasteiger charge is 2.35. The Labute approximate surface area is 195 Å². The van der Waals surface area contributed by atoms with Gasteiger partial charge in [-0.3, -0.25) is 24.6 Å². The van der Waals surface area contributed by atoms with E-state index in [0.717, 1.165) is 16.7 Å². The van der Waals surface area contributed by atoms with E-state index in [1.165, 1.54) is 48.5 Å². The zero-order valence-electron chi connectivity index (χ0n) is 16.6.